The lowest BCUT2D eigenvalue weighted by atomic mass is 10.3. The number of fused-ring (bicyclic) bond motifs is 1. The minimum absolute atomic E-state index is 0.0199. The van der Waals surface area contributed by atoms with Gasteiger partial charge in [0.2, 0.25) is 5.91 Å². The van der Waals surface area contributed by atoms with Gasteiger partial charge in [0.25, 0.3) is 0 Å². The highest BCUT2D eigenvalue weighted by Gasteiger charge is 2.15. The Labute approximate surface area is 133 Å². The molecule has 0 aliphatic carbocycles. The molecule has 0 unspecified atom stereocenters. The van der Waals surface area contributed by atoms with Crippen molar-refractivity contribution in [3.63, 3.8) is 0 Å². The number of amides is 1. The van der Waals surface area contributed by atoms with Crippen molar-refractivity contribution < 1.29 is 4.79 Å². The summed E-state index contributed by atoms with van der Waals surface area (Å²) in [7, 11) is 1.75. The van der Waals surface area contributed by atoms with Crippen LogP contribution >= 0.6 is 11.6 Å². The molecule has 1 amide bonds. The van der Waals surface area contributed by atoms with Crippen molar-refractivity contribution >= 4 is 34.2 Å². The Hall–Kier alpha value is -2.33. The monoisotopic (exact) mass is 313 g/mol. The molecule has 4 nitrogen and oxygen atoms in total. The SMILES string of the molecule is Cc1nc2ccccc2n1CC(=O)N(C)c1cccc(Cl)c1. The number of aryl methyl sites for hydroxylation is 1. The van der Waals surface area contributed by atoms with Crippen LogP contribution in [0.15, 0.2) is 48.5 Å². The van der Waals surface area contributed by atoms with E-state index in [9.17, 15) is 4.79 Å². The number of hydrogen-bond donors (Lipinski definition) is 0. The number of likely N-dealkylation sites (N-methyl/N-ethyl adjacent to an activating group) is 1. The second-order valence-corrected chi connectivity index (χ2v) is 5.60. The molecule has 0 fully saturated rings. The number of imidazole rings is 1. The topological polar surface area (TPSA) is 38.1 Å². The van der Waals surface area contributed by atoms with Gasteiger partial charge in [-0.3, -0.25) is 4.79 Å². The van der Waals surface area contributed by atoms with Crippen molar-refractivity contribution in [3.8, 4) is 0 Å². The summed E-state index contributed by atoms with van der Waals surface area (Å²) in [6, 6.07) is 15.1. The lowest BCUT2D eigenvalue weighted by molar-refractivity contribution is -0.118. The molecule has 0 aliphatic rings. The second-order valence-electron chi connectivity index (χ2n) is 5.17. The van der Waals surface area contributed by atoms with Gasteiger partial charge in [-0.05, 0) is 37.3 Å². The van der Waals surface area contributed by atoms with Gasteiger partial charge in [0.15, 0.2) is 0 Å². The average molecular weight is 314 g/mol. The Morgan fingerprint density at radius 3 is 2.77 bits per heavy atom. The number of carbonyl (C=O) groups excluding carboxylic acids is 1. The van der Waals surface area contributed by atoms with Crippen LogP contribution in [0.25, 0.3) is 11.0 Å². The maximum atomic E-state index is 12.6. The van der Waals surface area contributed by atoms with Crippen LogP contribution in [0.4, 0.5) is 5.69 Å². The molecule has 1 heterocycles. The summed E-state index contributed by atoms with van der Waals surface area (Å²) in [6.07, 6.45) is 0. The van der Waals surface area contributed by atoms with E-state index in [2.05, 4.69) is 4.98 Å². The lowest BCUT2D eigenvalue weighted by Gasteiger charge is -2.18. The van der Waals surface area contributed by atoms with Gasteiger partial charge < -0.3 is 9.47 Å². The molecule has 3 aromatic rings. The molecule has 112 valence electrons. The highest BCUT2D eigenvalue weighted by Crippen LogP contribution is 2.20. The van der Waals surface area contributed by atoms with Gasteiger partial charge in [-0.1, -0.05) is 29.8 Å². The summed E-state index contributed by atoms with van der Waals surface area (Å²) in [5.41, 5.74) is 2.64. The van der Waals surface area contributed by atoms with Crippen molar-refractivity contribution in [1.82, 2.24) is 9.55 Å². The van der Waals surface area contributed by atoms with Gasteiger partial charge in [-0.2, -0.15) is 0 Å². The quantitative estimate of drug-likeness (QED) is 0.740. The van der Waals surface area contributed by atoms with Crippen LogP contribution in [0.3, 0.4) is 0 Å². The molecule has 1 aromatic heterocycles. The first kappa shape index (κ1) is 14.6. The standard InChI is InChI=1S/C17H16ClN3O/c1-12-19-15-8-3-4-9-16(15)21(12)11-17(22)20(2)14-7-5-6-13(18)10-14/h3-10H,11H2,1-2H3. The Morgan fingerprint density at radius 2 is 2.00 bits per heavy atom. The first-order chi connectivity index (χ1) is 10.6. The smallest absolute Gasteiger partial charge is 0.246 e. The van der Waals surface area contributed by atoms with Crippen molar-refractivity contribution in [2.75, 3.05) is 11.9 Å². The maximum Gasteiger partial charge on any atom is 0.246 e. The average Bonchev–Trinajstić information content (AvgIpc) is 2.82. The summed E-state index contributed by atoms with van der Waals surface area (Å²) >= 11 is 5.99. The van der Waals surface area contributed by atoms with E-state index in [1.165, 1.54) is 0 Å². The number of nitrogens with zero attached hydrogens (tertiary/aromatic N) is 3. The molecular weight excluding hydrogens is 298 g/mol. The highest BCUT2D eigenvalue weighted by atomic mass is 35.5. The van der Waals surface area contributed by atoms with Crippen LogP contribution in [-0.4, -0.2) is 22.5 Å². The predicted molar refractivity (Wildman–Crippen MR) is 89.3 cm³/mol. The van der Waals surface area contributed by atoms with Gasteiger partial charge in [-0.15, -0.1) is 0 Å². The molecule has 5 heteroatoms. The van der Waals surface area contributed by atoms with Gasteiger partial charge >= 0.3 is 0 Å². The highest BCUT2D eigenvalue weighted by molar-refractivity contribution is 6.30. The van der Waals surface area contributed by atoms with Gasteiger partial charge in [-0.25, -0.2) is 4.98 Å². The van der Waals surface area contributed by atoms with Crippen LogP contribution in [0.1, 0.15) is 5.82 Å². The van der Waals surface area contributed by atoms with Crippen molar-refractivity contribution in [2.24, 2.45) is 0 Å². The van der Waals surface area contributed by atoms with Crippen molar-refractivity contribution in [3.05, 3.63) is 59.4 Å². The molecule has 0 saturated heterocycles. The molecule has 0 radical (unpaired) electrons. The summed E-state index contributed by atoms with van der Waals surface area (Å²) in [5, 5.41) is 0.612. The number of hydrogen-bond acceptors (Lipinski definition) is 2. The van der Waals surface area contributed by atoms with E-state index >= 15 is 0 Å². The summed E-state index contributed by atoms with van der Waals surface area (Å²) in [5.74, 6) is 0.808. The van der Waals surface area contributed by atoms with Crippen LogP contribution in [0.5, 0.6) is 0 Å². The van der Waals surface area contributed by atoms with E-state index in [0.29, 0.717) is 5.02 Å². The summed E-state index contributed by atoms with van der Waals surface area (Å²) in [6.45, 7) is 2.15. The fraction of sp³-hybridized carbons (Fsp3) is 0.176. The Kier molecular flexibility index (Phi) is 3.86. The minimum atomic E-state index is -0.0199. The molecule has 2 aromatic carbocycles. The number of anilines is 1. The molecule has 0 atom stereocenters. The van der Waals surface area contributed by atoms with E-state index < -0.39 is 0 Å². The Balaban J connectivity index is 1.88. The molecular formula is C17H16ClN3O. The third-order valence-electron chi connectivity index (χ3n) is 3.71. The number of halogens is 1. The molecule has 22 heavy (non-hydrogen) atoms. The van der Waals surface area contributed by atoms with Gasteiger partial charge in [0.05, 0.1) is 11.0 Å². The largest absolute Gasteiger partial charge is 0.319 e. The maximum absolute atomic E-state index is 12.6. The fourth-order valence-corrected chi connectivity index (χ4v) is 2.65. The van der Waals surface area contributed by atoms with Crippen molar-refractivity contribution in [2.45, 2.75) is 13.5 Å². The molecule has 0 saturated carbocycles. The summed E-state index contributed by atoms with van der Waals surface area (Å²) in [4.78, 5) is 18.6. The first-order valence-corrected chi connectivity index (χ1v) is 7.38. The minimum Gasteiger partial charge on any atom is -0.319 e. The normalized spacial score (nSPS) is 10.9. The number of benzene rings is 2. The zero-order valence-corrected chi connectivity index (χ0v) is 13.2. The number of aromatic nitrogens is 2. The van der Waals surface area contributed by atoms with Crippen LogP contribution < -0.4 is 4.90 Å². The van der Waals surface area contributed by atoms with Crippen molar-refractivity contribution in [1.29, 1.82) is 0 Å². The Morgan fingerprint density at radius 1 is 1.23 bits per heavy atom. The third-order valence-corrected chi connectivity index (χ3v) is 3.94. The fourth-order valence-electron chi connectivity index (χ4n) is 2.47. The van der Waals surface area contributed by atoms with Gasteiger partial charge in [0, 0.05) is 17.8 Å². The van der Waals surface area contributed by atoms with E-state index in [1.807, 2.05) is 47.9 Å². The molecule has 0 aliphatic heterocycles. The summed E-state index contributed by atoms with van der Waals surface area (Å²) < 4.78 is 1.93. The number of rotatable bonds is 3. The van der Waals surface area contributed by atoms with Crippen LogP contribution in [-0.2, 0) is 11.3 Å². The zero-order valence-electron chi connectivity index (χ0n) is 12.5. The number of para-hydroxylation sites is 2. The zero-order chi connectivity index (χ0) is 15.7. The van der Waals surface area contributed by atoms with Crippen LogP contribution in [0, 0.1) is 6.92 Å². The van der Waals surface area contributed by atoms with E-state index in [4.69, 9.17) is 11.6 Å². The molecule has 0 spiro atoms. The van der Waals surface area contributed by atoms with E-state index in [-0.39, 0.29) is 12.5 Å². The van der Waals surface area contributed by atoms with Crippen LogP contribution in [0.2, 0.25) is 5.02 Å². The second kappa shape index (κ2) is 5.81. The first-order valence-electron chi connectivity index (χ1n) is 7.00. The predicted octanol–water partition coefficient (Wildman–Crippen LogP) is 3.66. The molecule has 0 N–H and O–H groups in total. The molecule has 3 rings (SSSR count). The van der Waals surface area contributed by atoms with E-state index in [0.717, 1.165) is 22.5 Å². The molecule has 0 bridgehead atoms. The lowest BCUT2D eigenvalue weighted by Crippen LogP contribution is -2.30. The third kappa shape index (κ3) is 2.70. The van der Waals surface area contributed by atoms with E-state index in [1.54, 1.807) is 24.1 Å². The number of carbonyl (C=O) groups is 1. The van der Waals surface area contributed by atoms with Gasteiger partial charge in [0.1, 0.15) is 12.4 Å². The Bertz CT molecular complexity index is 841.